The fourth-order valence-corrected chi connectivity index (χ4v) is 2.71. The summed E-state index contributed by atoms with van der Waals surface area (Å²) in [6, 6.07) is 3.79. The standard InChI is InChI=1S/C12H17N3OS2/c1-3-18-8-4-7-15-11-9(13-12(15)17)5-6-10(14-11)16-2/h5-6H,3-4,7-8H2,1-2H3,(H,13,17). The van der Waals surface area contributed by atoms with Gasteiger partial charge in [-0.2, -0.15) is 16.7 Å². The summed E-state index contributed by atoms with van der Waals surface area (Å²) in [5.41, 5.74) is 1.84. The second-order valence-electron chi connectivity index (χ2n) is 3.86. The van der Waals surface area contributed by atoms with Crippen LogP contribution >= 0.6 is 24.0 Å². The quantitative estimate of drug-likeness (QED) is 0.653. The fraction of sp³-hybridized carbons (Fsp3) is 0.500. The molecule has 18 heavy (non-hydrogen) atoms. The number of rotatable bonds is 6. The molecule has 0 bridgehead atoms. The van der Waals surface area contributed by atoms with E-state index in [-0.39, 0.29) is 0 Å². The third-order valence-electron chi connectivity index (χ3n) is 2.68. The van der Waals surface area contributed by atoms with Crippen LogP contribution < -0.4 is 4.74 Å². The molecule has 0 aromatic carbocycles. The highest BCUT2D eigenvalue weighted by Crippen LogP contribution is 2.17. The molecule has 0 aliphatic heterocycles. The normalized spacial score (nSPS) is 11.0. The van der Waals surface area contributed by atoms with Crippen LogP contribution in [0.25, 0.3) is 11.2 Å². The third kappa shape index (κ3) is 2.87. The summed E-state index contributed by atoms with van der Waals surface area (Å²) < 4.78 is 7.93. The maximum absolute atomic E-state index is 5.33. The molecule has 6 heteroatoms. The molecule has 2 aromatic heterocycles. The van der Waals surface area contributed by atoms with Gasteiger partial charge in [0.25, 0.3) is 0 Å². The average molecular weight is 283 g/mol. The van der Waals surface area contributed by atoms with Crippen LogP contribution in [0.3, 0.4) is 0 Å². The third-order valence-corrected chi connectivity index (χ3v) is 3.98. The monoisotopic (exact) mass is 283 g/mol. The number of nitrogens with one attached hydrogen (secondary N) is 1. The van der Waals surface area contributed by atoms with Gasteiger partial charge in [-0.3, -0.25) is 0 Å². The van der Waals surface area contributed by atoms with Crippen LogP contribution in [-0.4, -0.2) is 33.2 Å². The van der Waals surface area contributed by atoms with Crippen LogP contribution in [0, 0.1) is 4.77 Å². The first-order valence-electron chi connectivity index (χ1n) is 5.97. The number of thioether (sulfide) groups is 1. The minimum atomic E-state index is 0.619. The zero-order valence-electron chi connectivity index (χ0n) is 10.6. The molecule has 0 radical (unpaired) electrons. The first kappa shape index (κ1) is 13.4. The van der Waals surface area contributed by atoms with Gasteiger partial charge in [-0.05, 0) is 36.2 Å². The predicted octanol–water partition coefficient (Wildman–Crippen LogP) is 3.25. The SMILES string of the molecule is CCSCCCn1c(=S)[nH]c2ccc(OC)nc21. The maximum atomic E-state index is 5.33. The lowest BCUT2D eigenvalue weighted by Crippen LogP contribution is -2.01. The average Bonchev–Trinajstić information content (AvgIpc) is 2.70. The lowest BCUT2D eigenvalue weighted by atomic mass is 10.4. The van der Waals surface area contributed by atoms with Crippen LogP contribution in [0.2, 0.25) is 0 Å². The smallest absolute Gasteiger partial charge is 0.215 e. The van der Waals surface area contributed by atoms with Crippen molar-refractivity contribution >= 4 is 35.1 Å². The van der Waals surface area contributed by atoms with Crippen LogP contribution in [0.4, 0.5) is 0 Å². The fourth-order valence-electron chi connectivity index (χ4n) is 1.80. The number of aryl methyl sites for hydroxylation is 1. The van der Waals surface area contributed by atoms with Gasteiger partial charge in [0.2, 0.25) is 5.88 Å². The Balaban J connectivity index is 2.24. The molecule has 2 aromatic rings. The van der Waals surface area contributed by atoms with Crippen molar-refractivity contribution in [2.75, 3.05) is 18.6 Å². The molecule has 0 atom stereocenters. The molecule has 0 aliphatic rings. The largest absolute Gasteiger partial charge is 0.481 e. The van der Waals surface area contributed by atoms with Gasteiger partial charge >= 0.3 is 0 Å². The van der Waals surface area contributed by atoms with Crippen molar-refractivity contribution < 1.29 is 4.74 Å². The highest BCUT2D eigenvalue weighted by Gasteiger charge is 2.06. The van der Waals surface area contributed by atoms with Gasteiger partial charge in [0.05, 0.1) is 12.6 Å². The number of hydrogen-bond acceptors (Lipinski definition) is 4. The highest BCUT2D eigenvalue weighted by atomic mass is 32.2. The number of aromatic nitrogens is 3. The Labute approximate surface area is 116 Å². The zero-order chi connectivity index (χ0) is 13.0. The van der Waals surface area contributed by atoms with Gasteiger partial charge in [-0.15, -0.1) is 0 Å². The Kier molecular flexibility index (Phi) is 4.66. The first-order valence-corrected chi connectivity index (χ1v) is 7.54. The molecule has 0 aliphatic carbocycles. The van der Waals surface area contributed by atoms with Crippen molar-refractivity contribution in [1.82, 2.24) is 14.5 Å². The number of H-pyrrole nitrogens is 1. The van der Waals surface area contributed by atoms with Crippen LogP contribution in [0.15, 0.2) is 12.1 Å². The Morgan fingerprint density at radius 3 is 3.06 bits per heavy atom. The molecule has 0 unspecified atom stereocenters. The van der Waals surface area contributed by atoms with E-state index in [1.165, 1.54) is 0 Å². The van der Waals surface area contributed by atoms with Gasteiger partial charge in [0, 0.05) is 12.6 Å². The van der Waals surface area contributed by atoms with Crippen molar-refractivity contribution in [2.45, 2.75) is 19.9 Å². The summed E-state index contributed by atoms with van der Waals surface area (Å²) in [6.07, 6.45) is 1.10. The summed E-state index contributed by atoms with van der Waals surface area (Å²) in [5, 5.41) is 0. The molecular formula is C12H17N3OS2. The molecule has 4 nitrogen and oxygen atoms in total. The van der Waals surface area contributed by atoms with Crippen molar-refractivity contribution in [3.05, 3.63) is 16.9 Å². The van der Waals surface area contributed by atoms with Gasteiger partial charge in [-0.1, -0.05) is 6.92 Å². The Hall–Kier alpha value is -1.01. The van der Waals surface area contributed by atoms with E-state index in [1.807, 2.05) is 28.5 Å². The summed E-state index contributed by atoms with van der Waals surface area (Å²) >= 11 is 7.28. The van der Waals surface area contributed by atoms with E-state index in [1.54, 1.807) is 7.11 Å². The van der Waals surface area contributed by atoms with Crippen LogP contribution in [-0.2, 0) is 6.54 Å². The number of methoxy groups -OCH3 is 1. The van der Waals surface area contributed by atoms with Crippen molar-refractivity contribution in [2.24, 2.45) is 0 Å². The number of ether oxygens (including phenoxy) is 1. The summed E-state index contributed by atoms with van der Waals surface area (Å²) in [6.45, 7) is 3.07. The second-order valence-corrected chi connectivity index (χ2v) is 5.64. The predicted molar refractivity (Wildman–Crippen MR) is 79.1 cm³/mol. The van der Waals surface area contributed by atoms with E-state index in [0.717, 1.165) is 40.4 Å². The number of aromatic amines is 1. The van der Waals surface area contributed by atoms with Crippen molar-refractivity contribution in [3.63, 3.8) is 0 Å². The van der Waals surface area contributed by atoms with Gasteiger partial charge in [0.15, 0.2) is 10.4 Å². The number of nitrogens with zero attached hydrogens (tertiary/aromatic N) is 2. The number of hydrogen-bond donors (Lipinski definition) is 1. The van der Waals surface area contributed by atoms with Crippen LogP contribution in [0.5, 0.6) is 5.88 Å². The molecule has 2 heterocycles. The molecule has 0 amide bonds. The Morgan fingerprint density at radius 2 is 2.33 bits per heavy atom. The molecule has 98 valence electrons. The topological polar surface area (TPSA) is 42.8 Å². The number of pyridine rings is 1. The molecule has 0 saturated heterocycles. The summed E-state index contributed by atoms with van der Waals surface area (Å²) in [5.74, 6) is 2.92. The zero-order valence-corrected chi connectivity index (χ0v) is 12.2. The highest BCUT2D eigenvalue weighted by molar-refractivity contribution is 7.99. The van der Waals surface area contributed by atoms with Crippen molar-refractivity contribution in [1.29, 1.82) is 0 Å². The van der Waals surface area contributed by atoms with Crippen molar-refractivity contribution in [3.8, 4) is 5.88 Å². The minimum Gasteiger partial charge on any atom is -0.481 e. The molecule has 0 fully saturated rings. The van der Waals surface area contributed by atoms with Crippen LogP contribution in [0.1, 0.15) is 13.3 Å². The van der Waals surface area contributed by atoms with E-state index in [0.29, 0.717) is 5.88 Å². The van der Waals surface area contributed by atoms with E-state index in [2.05, 4.69) is 16.9 Å². The molecule has 1 N–H and O–H groups in total. The van der Waals surface area contributed by atoms with Gasteiger partial charge in [0.1, 0.15) is 0 Å². The summed E-state index contributed by atoms with van der Waals surface area (Å²) in [7, 11) is 1.62. The Bertz CT molecular complexity index is 576. The number of imidazole rings is 1. The maximum Gasteiger partial charge on any atom is 0.215 e. The minimum absolute atomic E-state index is 0.619. The van der Waals surface area contributed by atoms with E-state index < -0.39 is 0 Å². The number of fused-ring (bicyclic) bond motifs is 1. The molecular weight excluding hydrogens is 266 g/mol. The van der Waals surface area contributed by atoms with Gasteiger partial charge < -0.3 is 14.3 Å². The first-order chi connectivity index (χ1) is 8.76. The molecule has 0 spiro atoms. The molecule has 0 saturated carbocycles. The molecule has 2 rings (SSSR count). The van der Waals surface area contributed by atoms with E-state index in [4.69, 9.17) is 17.0 Å². The Morgan fingerprint density at radius 1 is 1.50 bits per heavy atom. The lowest BCUT2D eigenvalue weighted by Gasteiger charge is -2.04. The van der Waals surface area contributed by atoms with E-state index >= 15 is 0 Å². The summed E-state index contributed by atoms with van der Waals surface area (Å²) in [4.78, 5) is 7.62. The second kappa shape index (κ2) is 6.24. The lowest BCUT2D eigenvalue weighted by molar-refractivity contribution is 0.399. The van der Waals surface area contributed by atoms with E-state index in [9.17, 15) is 0 Å². The van der Waals surface area contributed by atoms with Gasteiger partial charge in [-0.25, -0.2) is 0 Å².